The minimum atomic E-state index is 0.603. The highest BCUT2D eigenvalue weighted by Gasteiger charge is 2.25. The van der Waals surface area contributed by atoms with Crippen LogP contribution in [0, 0.1) is 5.92 Å². The maximum absolute atomic E-state index is 4.44. The minimum Gasteiger partial charge on any atom is -0.295 e. The predicted molar refractivity (Wildman–Crippen MR) is 70.2 cm³/mol. The number of aromatic nitrogens is 1. The van der Waals surface area contributed by atoms with Crippen LogP contribution in [0.15, 0.2) is 22.8 Å². The summed E-state index contributed by atoms with van der Waals surface area (Å²) in [5.74, 6) is 0.942. The summed E-state index contributed by atoms with van der Waals surface area (Å²) in [6, 6.07) is 4.77. The van der Waals surface area contributed by atoms with Crippen LogP contribution >= 0.6 is 15.9 Å². The Morgan fingerprint density at radius 3 is 2.69 bits per heavy atom. The van der Waals surface area contributed by atoms with Crippen molar-refractivity contribution in [2.45, 2.75) is 39.3 Å². The van der Waals surface area contributed by atoms with E-state index in [1.807, 2.05) is 6.20 Å². The summed E-state index contributed by atoms with van der Waals surface area (Å²) in [6.45, 7) is 6.74. The van der Waals surface area contributed by atoms with Crippen LogP contribution in [-0.2, 0) is 6.54 Å². The summed E-state index contributed by atoms with van der Waals surface area (Å²) in [6.07, 6.45) is 4.71. The van der Waals surface area contributed by atoms with E-state index in [1.165, 1.54) is 19.4 Å². The first-order valence-electron chi connectivity index (χ1n) is 5.99. The third kappa shape index (κ3) is 3.56. The topological polar surface area (TPSA) is 16.1 Å². The molecule has 2 rings (SSSR count). The molecule has 1 aliphatic rings. The molecule has 0 saturated heterocycles. The van der Waals surface area contributed by atoms with E-state index >= 15 is 0 Å². The van der Waals surface area contributed by atoms with Gasteiger partial charge in [0.1, 0.15) is 0 Å². The molecular formula is C13H19BrN2. The fraction of sp³-hybridized carbons (Fsp3) is 0.615. The van der Waals surface area contributed by atoms with E-state index in [0.29, 0.717) is 6.04 Å². The average molecular weight is 283 g/mol. The van der Waals surface area contributed by atoms with Crippen LogP contribution in [-0.4, -0.2) is 22.5 Å². The Morgan fingerprint density at radius 2 is 2.19 bits per heavy atom. The largest absolute Gasteiger partial charge is 0.295 e. The lowest BCUT2D eigenvalue weighted by molar-refractivity contribution is 0.201. The van der Waals surface area contributed by atoms with Gasteiger partial charge in [-0.25, -0.2) is 0 Å². The molecule has 1 heterocycles. The molecule has 16 heavy (non-hydrogen) atoms. The lowest BCUT2D eigenvalue weighted by atomic mass is 10.2. The first kappa shape index (κ1) is 12.1. The molecule has 1 aliphatic carbocycles. The van der Waals surface area contributed by atoms with E-state index in [9.17, 15) is 0 Å². The highest BCUT2D eigenvalue weighted by atomic mass is 79.9. The number of pyridine rings is 1. The maximum atomic E-state index is 4.44. The molecule has 0 atom stereocenters. The number of nitrogens with zero attached hydrogens (tertiary/aromatic N) is 2. The van der Waals surface area contributed by atoms with Gasteiger partial charge in [0.15, 0.2) is 0 Å². The average Bonchev–Trinajstić information content (AvgIpc) is 3.04. The lowest BCUT2D eigenvalue weighted by Gasteiger charge is -2.26. The molecule has 0 spiro atoms. The van der Waals surface area contributed by atoms with Crippen molar-refractivity contribution in [3.05, 3.63) is 28.5 Å². The molecule has 0 unspecified atom stereocenters. The van der Waals surface area contributed by atoms with Crippen LogP contribution in [0.3, 0.4) is 0 Å². The summed E-state index contributed by atoms with van der Waals surface area (Å²) >= 11 is 3.41. The Morgan fingerprint density at radius 1 is 1.44 bits per heavy atom. The van der Waals surface area contributed by atoms with Crippen LogP contribution in [0.4, 0.5) is 0 Å². The van der Waals surface area contributed by atoms with Gasteiger partial charge < -0.3 is 0 Å². The number of halogens is 1. The second kappa shape index (κ2) is 5.28. The molecule has 3 heteroatoms. The Balaban J connectivity index is 1.95. The van der Waals surface area contributed by atoms with Crippen LogP contribution < -0.4 is 0 Å². The van der Waals surface area contributed by atoms with Crippen LogP contribution in [0.2, 0.25) is 0 Å². The zero-order valence-electron chi connectivity index (χ0n) is 9.99. The first-order chi connectivity index (χ1) is 7.65. The van der Waals surface area contributed by atoms with Crippen molar-refractivity contribution in [2.24, 2.45) is 5.92 Å². The smallest absolute Gasteiger partial charge is 0.0544 e. The Hall–Kier alpha value is -0.410. The monoisotopic (exact) mass is 282 g/mol. The summed E-state index contributed by atoms with van der Waals surface area (Å²) in [4.78, 5) is 6.96. The van der Waals surface area contributed by atoms with Gasteiger partial charge in [0.25, 0.3) is 0 Å². The fourth-order valence-electron chi connectivity index (χ4n) is 1.80. The van der Waals surface area contributed by atoms with E-state index in [1.54, 1.807) is 0 Å². The van der Waals surface area contributed by atoms with E-state index in [2.05, 4.69) is 51.8 Å². The molecule has 1 aromatic heterocycles. The van der Waals surface area contributed by atoms with E-state index in [-0.39, 0.29) is 0 Å². The quantitative estimate of drug-likeness (QED) is 0.822. The summed E-state index contributed by atoms with van der Waals surface area (Å²) in [5.41, 5.74) is 1.16. The van der Waals surface area contributed by atoms with Gasteiger partial charge in [-0.1, -0.05) is 0 Å². The van der Waals surface area contributed by atoms with E-state index in [0.717, 1.165) is 22.6 Å². The van der Waals surface area contributed by atoms with Gasteiger partial charge in [-0.05, 0) is 60.7 Å². The molecule has 1 saturated carbocycles. The van der Waals surface area contributed by atoms with Gasteiger partial charge in [-0.15, -0.1) is 0 Å². The third-order valence-electron chi connectivity index (χ3n) is 3.07. The zero-order valence-corrected chi connectivity index (χ0v) is 11.6. The Bertz CT molecular complexity index is 330. The van der Waals surface area contributed by atoms with Gasteiger partial charge in [-0.3, -0.25) is 9.88 Å². The van der Waals surface area contributed by atoms with Crippen LogP contribution in [0.5, 0.6) is 0 Å². The third-order valence-corrected chi connectivity index (χ3v) is 3.54. The molecule has 1 aromatic rings. The first-order valence-corrected chi connectivity index (χ1v) is 6.79. The Labute approximate surface area is 106 Å². The minimum absolute atomic E-state index is 0.603. The summed E-state index contributed by atoms with van der Waals surface area (Å²) in [7, 11) is 0. The van der Waals surface area contributed by atoms with E-state index < -0.39 is 0 Å². The summed E-state index contributed by atoms with van der Waals surface area (Å²) < 4.78 is 1.05. The second-order valence-electron chi connectivity index (χ2n) is 4.93. The van der Waals surface area contributed by atoms with Crippen molar-refractivity contribution in [1.82, 2.24) is 9.88 Å². The molecule has 0 aliphatic heterocycles. The second-order valence-corrected chi connectivity index (χ2v) is 5.85. The molecule has 0 radical (unpaired) electrons. The summed E-state index contributed by atoms with van der Waals surface area (Å²) in [5, 5.41) is 0. The highest BCUT2D eigenvalue weighted by Crippen LogP contribution is 2.30. The molecular weight excluding hydrogens is 264 g/mol. The van der Waals surface area contributed by atoms with Crippen LogP contribution in [0.1, 0.15) is 32.4 Å². The zero-order chi connectivity index (χ0) is 11.5. The number of rotatable bonds is 5. The van der Waals surface area contributed by atoms with Gasteiger partial charge >= 0.3 is 0 Å². The van der Waals surface area contributed by atoms with Gasteiger partial charge in [-0.2, -0.15) is 0 Å². The van der Waals surface area contributed by atoms with Gasteiger partial charge in [0, 0.05) is 29.8 Å². The molecule has 0 aromatic carbocycles. The molecule has 2 nitrogen and oxygen atoms in total. The highest BCUT2D eigenvalue weighted by molar-refractivity contribution is 9.10. The molecule has 88 valence electrons. The van der Waals surface area contributed by atoms with Crippen molar-refractivity contribution >= 4 is 15.9 Å². The van der Waals surface area contributed by atoms with Crippen molar-refractivity contribution in [3.8, 4) is 0 Å². The number of hydrogen-bond donors (Lipinski definition) is 0. The van der Waals surface area contributed by atoms with Crippen LogP contribution in [0.25, 0.3) is 0 Å². The maximum Gasteiger partial charge on any atom is 0.0544 e. The van der Waals surface area contributed by atoms with Gasteiger partial charge in [0.2, 0.25) is 0 Å². The molecule has 0 amide bonds. The van der Waals surface area contributed by atoms with Crippen molar-refractivity contribution in [1.29, 1.82) is 0 Å². The van der Waals surface area contributed by atoms with Crippen molar-refractivity contribution in [3.63, 3.8) is 0 Å². The standard InChI is InChI=1S/C13H19BrN2/c1-10(2)16(8-11-3-4-11)9-13-6-5-12(14)7-15-13/h5-7,10-11H,3-4,8-9H2,1-2H3. The Kier molecular flexibility index (Phi) is 3.98. The normalized spacial score (nSPS) is 16.1. The van der Waals surface area contributed by atoms with Crippen molar-refractivity contribution < 1.29 is 0 Å². The molecule has 0 bridgehead atoms. The fourth-order valence-corrected chi connectivity index (χ4v) is 2.03. The predicted octanol–water partition coefficient (Wildman–Crippen LogP) is 3.46. The van der Waals surface area contributed by atoms with Crippen molar-refractivity contribution in [2.75, 3.05) is 6.54 Å². The lowest BCUT2D eigenvalue weighted by Crippen LogP contribution is -2.32. The molecule has 1 fully saturated rings. The number of hydrogen-bond acceptors (Lipinski definition) is 2. The van der Waals surface area contributed by atoms with Gasteiger partial charge in [0.05, 0.1) is 5.69 Å². The SMILES string of the molecule is CC(C)N(Cc1ccc(Br)cn1)CC1CC1. The van der Waals surface area contributed by atoms with E-state index in [4.69, 9.17) is 0 Å². The molecule has 0 N–H and O–H groups in total.